The fourth-order valence-electron chi connectivity index (χ4n) is 5.36. The fraction of sp³-hybridized carbons (Fsp3) is 0. The van der Waals surface area contributed by atoms with Crippen molar-refractivity contribution in [2.75, 3.05) is 0 Å². The molecule has 0 bridgehead atoms. The van der Waals surface area contributed by atoms with E-state index < -0.39 is 11.6 Å². The standard InChI is InChI=1S/C28H13BF2N2O3/c30-18-4-16(10-32-12-18)14-6-22-27-24(8-14)36-25-9-15(17-5-19(31)13-33-11-17)7-23-28(25)29(27)26-20(34-22)2-1-3-21(26)35-23/h1-13H. The molecule has 3 aromatic carbocycles. The molecule has 3 aliphatic rings. The summed E-state index contributed by atoms with van der Waals surface area (Å²) in [6, 6.07) is 16.1. The smallest absolute Gasteiger partial charge is 0.270 e. The Bertz CT molecular complexity index is 1650. The van der Waals surface area contributed by atoms with Gasteiger partial charge >= 0.3 is 0 Å². The van der Waals surface area contributed by atoms with Gasteiger partial charge in [-0.1, -0.05) is 6.07 Å². The zero-order chi connectivity index (χ0) is 24.0. The maximum absolute atomic E-state index is 14.0. The zero-order valence-corrected chi connectivity index (χ0v) is 18.5. The Labute approximate surface area is 204 Å². The largest absolute Gasteiger partial charge is 0.458 e. The number of benzene rings is 3. The topological polar surface area (TPSA) is 53.5 Å². The van der Waals surface area contributed by atoms with Crippen molar-refractivity contribution in [3.05, 3.63) is 91.0 Å². The van der Waals surface area contributed by atoms with Gasteiger partial charge in [-0.05, 0) is 59.7 Å². The zero-order valence-electron chi connectivity index (χ0n) is 18.5. The highest BCUT2D eigenvalue weighted by atomic mass is 19.1. The highest BCUT2D eigenvalue weighted by molar-refractivity contribution is 6.99. The van der Waals surface area contributed by atoms with Gasteiger partial charge in [0.05, 0.1) is 12.4 Å². The van der Waals surface area contributed by atoms with Gasteiger partial charge in [0.1, 0.15) is 46.1 Å². The highest BCUT2D eigenvalue weighted by Crippen LogP contribution is 2.44. The number of nitrogens with zero attached hydrogens (tertiary/aromatic N) is 2. The number of rotatable bonds is 2. The molecule has 0 radical (unpaired) electrons. The van der Waals surface area contributed by atoms with Crippen molar-refractivity contribution < 1.29 is 23.0 Å². The Kier molecular flexibility index (Phi) is 3.76. The van der Waals surface area contributed by atoms with E-state index in [-0.39, 0.29) is 6.71 Å². The van der Waals surface area contributed by atoms with Gasteiger partial charge in [-0.25, -0.2) is 8.78 Å². The molecule has 5 nitrogen and oxygen atoms in total. The molecule has 0 fully saturated rings. The van der Waals surface area contributed by atoms with Crippen molar-refractivity contribution in [2.45, 2.75) is 0 Å². The molecular formula is C28H13BF2N2O3. The monoisotopic (exact) mass is 474 g/mol. The van der Waals surface area contributed by atoms with Crippen molar-refractivity contribution in [2.24, 2.45) is 0 Å². The second-order valence-electron chi connectivity index (χ2n) is 8.96. The SMILES string of the molecule is Fc1cncc(-c2cc3c4c(c2)Oc2cc(-c5cncc(F)c5)cc5c2B4c2c(cccc2O5)O3)c1. The van der Waals surface area contributed by atoms with E-state index >= 15 is 0 Å². The van der Waals surface area contributed by atoms with Crippen LogP contribution in [-0.2, 0) is 0 Å². The van der Waals surface area contributed by atoms with E-state index in [1.54, 1.807) is 12.4 Å². The average molecular weight is 474 g/mol. The van der Waals surface area contributed by atoms with E-state index in [2.05, 4.69) is 9.97 Å². The molecule has 0 amide bonds. The summed E-state index contributed by atoms with van der Waals surface area (Å²) in [5.41, 5.74) is 5.37. The lowest BCUT2D eigenvalue weighted by atomic mass is 9.34. The second kappa shape index (κ2) is 6.92. The molecule has 5 aromatic rings. The molecule has 5 heterocycles. The summed E-state index contributed by atoms with van der Waals surface area (Å²) in [7, 11) is 0. The van der Waals surface area contributed by atoms with Crippen LogP contribution in [0.3, 0.4) is 0 Å². The molecule has 36 heavy (non-hydrogen) atoms. The molecule has 0 saturated heterocycles. The average Bonchev–Trinajstić information content (AvgIpc) is 2.88. The van der Waals surface area contributed by atoms with Crippen LogP contribution in [0.1, 0.15) is 0 Å². The van der Waals surface area contributed by atoms with Crippen molar-refractivity contribution in [3.63, 3.8) is 0 Å². The lowest BCUT2D eigenvalue weighted by molar-refractivity contribution is 0.443. The summed E-state index contributed by atoms with van der Waals surface area (Å²) < 4.78 is 47.0. The third-order valence-electron chi connectivity index (χ3n) is 6.84. The van der Waals surface area contributed by atoms with Crippen molar-refractivity contribution in [1.82, 2.24) is 9.97 Å². The van der Waals surface area contributed by atoms with Gasteiger partial charge in [-0.15, -0.1) is 0 Å². The first-order chi connectivity index (χ1) is 17.6. The summed E-state index contributed by atoms with van der Waals surface area (Å²) in [5, 5.41) is 0. The minimum atomic E-state index is -0.427. The predicted octanol–water partition coefficient (Wildman–Crippen LogP) is 4.92. The van der Waals surface area contributed by atoms with Crippen LogP contribution in [0.5, 0.6) is 34.5 Å². The molecule has 0 saturated carbocycles. The maximum atomic E-state index is 14.0. The molecule has 0 aliphatic carbocycles. The van der Waals surface area contributed by atoms with Crippen LogP contribution in [0.2, 0.25) is 0 Å². The maximum Gasteiger partial charge on any atom is 0.270 e. The van der Waals surface area contributed by atoms with Crippen LogP contribution < -0.4 is 30.6 Å². The van der Waals surface area contributed by atoms with Crippen molar-refractivity contribution in [1.29, 1.82) is 0 Å². The Morgan fingerprint density at radius 3 is 1.36 bits per heavy atom. The quantitative estimate of drug-likeness (QED) is 0.333. The Morgan fingerprint density at radius 1 is 0.500 bits per heavy atom. The molecule has 0 atom stereocenters. The van der Waals surface area contributed by atoms with Crippen LogP contribution in [0, 0.1) is 11.6 Å². The van der Waals surface area contributed by atoms with E-state index in [1.807, 2.05) is 42.5 Å². The first-order valence-electron chi connectivity index (χ1n) is 11.4. The van der Waals surface area contributed by atoms with Crippen LogP contribution in [0.4, 0.5) is 8.78 Å². The van der Waals surface area contributed by atoms with Crippen molar-refractivity contribution >= 4 is 23.1 Å². The van der Waals surface area contributed by atoms with Gasteiger partial charge in [0.25, 0.3) is 6.71 Å². The number of hydrogen-bond acceptors (Lipinski definition) is 5. The molecule has 8 heteroatoms. The Hall–Kier alpha value is -4.72. The third-order valence-corrected chi connectivity index (χ3v) is 6.84. The van der Waals surface area contributed by atoms with E-state index in [1.165, 1.54) is 24.5 Å². The molecule has 170 valence electrons. The summed E-state index contributed by atoms with van der Waals surface area (Å²) in [6.07, 6.45) is 5.54. The molecular weight excluding hydrogens is 461 g/mol. The van der Waals surface area contributed by atoms with Crippen LogP contribution in [0.15, 0.2) is 79.4 Å². The lowest BCUT2D eigenvalue weighted by Gasteiger charge is -2.37. The van der Waals surface area contributed by atoms with Gasteiger partial charge in [0, 0.05) is 39.9 Å². The molecule has 8 rings (SSSR count). The molecule has 0 N–H and O–H groups in total. The number of hydrogen-bond donors (Lipinski definition) is 0. The van der Waals surface area contributed by atoms with E-state index in [0.717, 1.165) is 27.5 Å². The van der Waals surface area contributed by atoms with Gasteiger partial charge in [-0.3, -0.25) is 9.97 Å². The molecule has 0 unspecified atom stereocenters. The number of ether oxygens (including phenoxy) is 3. The van der Waals surface area contributed by atoms with Gasteiger partial charge in [-0.2, -0.15) is 0 Å². The van der Waals surface area contributed by atoms with E-state index in [0.29, 0.717) is 45.6 Å². The first-order valence-corrected chi connectivity index (χ1v) is 11.4. The predicted molar refractivity (Wildman–Crippen MR) is 131 cm³/mol. The second-order valence-corrected chi connectivity index (χ2v) is 8.96. The van der Waals surface area contributed by atoms with Crippen LogP contribution >= 0.6 is 0 Å². The van der Waals surface area contributed by atoms with E-state index in [9.17, 15) is 8.78 Å². The van der Waals surface area contributed by atoms with Gasteiger partial charge in [0.15, 0.2) is 0 Å². The highest BCUT2D eigenvalue weighted by Gasteiger charge is 2.46. The third kappa shape index (κ3) is 2.69. The summed E-state index contributed by atoms with van der Waals surface area (Å²) in [4.78, 5) is 7.98. The number of pyridine rings is 2. The van der Waals surface area contributed by atoms with Crippen LogP contribution in [0.25, 0.3) is 22.3 Å². The van der Waals surface area contributed by atoms with Gasteiger partial charge < -0.3 is 14.2 Å². The number of aromatic nitrogens is 2. The van der Waals surface area contributed by atoms with E-state index in [4.69, 9.17) is 14.2 Å². The molecule has 2 aromatic heterocycles. The number of halogens is 2. The van der Waals surface area contributed by atoms with Crippen LogP contribution in [-0.4, -0.2) is 16.7 Å². The Morgan fingerprint density at radius 2 is 0.917 bits per heavy atom. The van der Waals surface area contributed by atoms with Gasteiger partial charge in [0.2, 0.25) is 0 Å². The first kappa shape index (κ1) is 19.6. The molecule has 3 aliphatic heterocycles. The van der Waals surface area contributed by atoms with Crippen molar-refractivity contribution in [3.8, 4) is 56.8 Å². The minimum absolute atomic E-state index is 0.165. The Balaban J connectivity index is 1.39. The fourth-order valence-corrected chi connectivity index (χ4v) is 5.36. The minimum Gasteiger partial charge on any atom is -0.458 e. The lowest BCUT2D eigenvalue weighted by Crippen LogP contribution is -2.59. The molecule has 0 spiro atoms. The summed E-state index contributed by atoms with van der Waals surface area (Å²) in [5.74, 6) is 3.02. The summed E-state index contributed by atoms with van der Waals surface area (Å²) >= 11 is 0. The summed E-state index contributed by atoms with van der Waals surface area (Å²) in [6.45, 7) is -0.165. The normalized spacial score (nSPS) is 13.3.